The highest BCUT2D eigenvalue weighted by Crippen LogP contribution is 2.23. The van der Waals surface area contributed by atoms with E-state index in [0.717, 1.165) is 32.5 Å². The van der Waals surface area contributed by atoms with Crippen molar-refractivity contribution in [1.82, 2.24) is 15.1 Å². The van der Waals surface area contributed by atoms with E-state index in [9.17, 15) is 9.59 Å². The summed E-state index contributed by atoms with van der Waals surface area (Å²) in [7, 11) is 1.87. The summed E-state index contributed by atoms with van der Waals surface area (Å²) >= 11 is 0. The number of halogens is 1. The number of piperidine rings is 1. The number of hydrogen-bond donors (Lipinski definition) is 2. The van der Waals surface area contributed by atoms with Gasteiger partial charge in [0, 0.05) is 25.7 Å². The average Bonchev–Trinajstić information content (AvgIpc) is 2.59. The van der Waals surface area contributed by atoms with Crippen LogP contribution in [0.4, 0.5) is 0 Å². The van der Waals surface area contributed by atoms with E-state index in [4.69, 9.17) is 5.11 Å². The van der Waals surface area contributed by atoms with Crippen LogP contribution in [-0.2, 0) is 9.59 Å². The van der Waals surface area contributed by atoms with Gasteiger partial charge < -0.3 is 10.4 Å². The van der Waals surface area contributed by atoms with Crippen LogP contribution >= 0.6 is 12.4 Å². The van der Waals surface area contributed by atoms with Gasteiger partial charge in [0.05, 0.1) is 12.6 Å². The zero-order valence-electron chi connectivity index (χ0n) is 15.6. The highest BCUT2D eigenvalue weighted by molar-refractivity contribution is 5.85. The third kappa shape index (κ3) is 7.12. The van der Waals surface area contributed by atoms with Crippen LogP contribution in [0, 0.1) is 5.92 Å². The number of amides is 1. The van der Waals surface area contributed by atoms with E-state index >= 15 is 0 Å². The Morgan fingerprint density at radius 1 is 1.16 bits per heavy atom. The molecule has 6 nitrogen and oxygen atoms in total. The number of carbonyl (C=O) groups excluding carboxylic acids is 1. The first-order valence-corrected chi connectivity index (χ1v) is 9.41. The van der Waals surface area contributed by atoms with Crippen molar-refractivity contribution in [2.75, 3.05) is 33.2 Å². The van der Waals surface area contributed by atoms with Gasteiger partial charge in [-0.1, -0.05) is 19.3 Å². The van der Waals surface area contributed by atoms with E-state index in [1.165, 1.54) is 32.1 Å². The zero-order chi connectivity index (χ0) is 17.5. The highest BCUT2D eigenvalue weighted by atomic mass is 35.5. The lowest BCUT2D eigenvalue weighted by molar-refractivity contribution is -0.138. The van der Waals surface area contributed by atoms with E-state index in [1.54, 1.807) is 0 Å². The third-order valence-electron chi connectivity index (χ3n) is 5.72. The van der Waals surface area contributed by atoms with Gasteiger partial charge in [0.25, 0.3) is 0 Å². The molecule has 7 heteroatoms. The Morgan fingerprint density at radius 3 is 2.32 bits per heavy atom. The van der Waals surface area contributed by atoms with E-state index in [0.29, 0.717) is 12.0 Å². The summed E-state index contributed by atoms with van der Waals surface area (Å²) in [6.07, 6.45) is 8.27. The molecule has 146 valence electrons. The molecule has 0 aromatic rings. The minimum absolute atomic E-state index is 0. The number of carboxylic acid groups (broad SMARTS) is 1. The van der Waals surface area contributed by atoms with Crippen molar-refractivity contribution >= 4 is 24.3 Å². The standard InChI is InChI=1S/C18H33N3O3.ClH/c1-14(18(24)19-12-15-6-4-3-5-7-15)21-10-8-16(9-11-21)20(2)13-17(22)23;/h14-16H,3-13H2,1-2H3,(H,19,24)(H,22,23);1H. The molecule has 1 heterocycles. The Morgan fingerprint density at radius 2 is 1.76 bits per heavy atom. The summed E-state index contributed by atoms with van der Waals surface area (Å²) in [5, 5.41) is 12.0. The summed E-state index contributed by atoms with van der Waals surface area (Å²) < 4.78 is 0. The first kappa shape index (κ1) is 22.2. The number of carbonyl (C=O) groups is 2. The number of carboxylic acids is 1. The van der Waals surface area contributed by atoms with Crippen LogP contribution in [0.3, 0.4) is 0 Å². The maximum absolute atomic E-state index is 12.4. The maximum atomic E-state index is 12.4. The van der Waals surface area contributed by atoms with Crippen LogP contribution in [0.15, 0.2) is 0 Å². The fourth-order valence-corrected chi connectivity index (χ4v) is 4.01. The Bertz CT molecular complexity index is 422. The normalized spacial score (nSPS) is 21.6. The molecule has 0 spiro atoms. The van der Waals surface area contributed by atoms with Gasteiger partial charge in [-0.05, 0) is 45.6 Å². The number of nitrogens with zero attached hydrogens (tertiary/aromatic N) is 2. The molecule has 2 aliphatic rings. The van der Waals surface area contributed by atoms with Gasteiger partial charge in [-0.15, -0.1) is 12.4 Å². The first-order valence-electron chi connectivity index (χ1n) is 9.41. The van der Waals surface area contributed by atoms with Crippen molar-refractivity contribution in [3.05, 3.63) is 0 Å². The predicted octanol–water partition coefficient (Wildman–Crippen LogP) is 1.97. The summed E-state index contributed by atoms with van der Waals surface area (Å²) in [4.78, 5) is 27.4. The number of hydrogen-bond acceptors (Lipinski definition) is 4. The number of rotatable bonds is 7. The van der Waals surface area contributed by atoms with Crippen molar-refractivity contribution in [1.29, 1.82) is 0 Å². The number of aliphatic carboxylic acids is 1. The molecular weight excluding hydrogens is 342 g/mol. The molecule has 2 N–H and O–H groups in total. The fourth-order valence-electron chi connectivity index (χ4n) is 4.01. The van der Waals surface area contributed by atoms with Gasteiger partial charge in [-0.2, -0.15) is 0 Å². The van der Waals surface area contributed by atoms with E-state index in [-0.39, 0.29) is 30.9 Å². The fraction of sp³-hybridized carbons (Fsp3) is 0.889. The Hall–Kier alpha value is -0.850. The summed E-state index contributed by atoms with van der Waals surface area (Å²) in [6, 6.07) is 0.203. The molecular formula is C18H34ClN3O3. The van der Waals surface area contributed by atoms with Gasteiger partial charge in [0.2, 0.25) is 5.91 Å². The molecule has 0 aromatic carbocycles. The average molecular weight is 376 g/mol. The van der Waals surface area contributed by atoms with Crippen LogP contribution in [0.2, 0.25) is 0 Å². The molecule has 2 fully saturated rings. The van der Waals surface area contributed by atoms with Crippen LogP contribution in [-0.4, -0.2) is 72.1 Å². The Labute approximate surface area is 157 Å². The van der Waals surface area contributed by atoms with E-state index < -0.39 is 5.97 Å². The Balaban J connectivity index is 0.00000312. The quantitative estimate of drug-likeness (QED) is 0.711. The van der Waals surface area contributed by atoms with Gasteiger partial charge >= 0.3 is 5.97 Å². The number of likely N-dealkylation sites (tertiary alicyclic amines) is 1. The number of likely N-dealkylation sites (N-methyl/N-ethyl adjacent to an activating group) is 1. The largest absolute Gasteiger partial charge is 0.480 e. The molecule has 1 amide bonds. The molecule has 1 unspecified atom stereocenters. The van der Waals surface area contributed by atoms with Gasteiger partial charge in [0.1, 0.15) is 0 Å². The SMILES string of the molecule is CC(C(=O)NCC1CCCCC1)N1CCC(N(C)CC(=O)O)CC1.Cl. The molecule has 2 rings (SSSR count). The molecule has 1 saturated carbocycles. The summed E-state index contributed by atoms with van der Waals surface area (Å²) in [6.45, 7) is 4.60. The maximum Gasteiger partial charge on any atom is 0.317 e. The second kappa shape index (κ2) is 11.0. The van der Waals surface area contributed by atoms with Gasteiger partial charge in [-0.3, -0.25) is 19.4 Å². The molecule has 25 heavy (non-hydrogen) atoms. The van der Waals surface area contributed by atoms with Crippen LogP contribution < -0.4 is 5.32 Å². The summed E-state index contributed by atoms with van der Waals surface area (Å²) in [5.41, 5.74) is 0. The summed E-state index contributed by atoms with van der Waals surface area (Å²) in [5.74, 6) is 0.0126. The van der Waals surface area contributed by atoms with E-state index in [2.05, 4.69) is 10.2 Å². The molecule has 1 aliphatic heterocycles. The second-order valence-electron chi connectivity index (χ2n) is 7.50. The molecule has 1 atom stereocenters. The minimum Gasteiger partial charge on any atom is -0.480 e. The highest BCUT2D eigenvalue weighted by Gasteiger charge is 2.29. The lowest BCUT2D eigenvalue weighted by atomic mass is 9.89. The van der Waals surface area contributed by atoms with Crippen LogP contribution in [0.1, 0.15) is 51.9 Å². The first-order chi connectivity index (χ1) is 11.5. The van der Waals surface area contributed by atoms with Crippen LogP contribution in [0.25, 0.3) is 0 Å². The molecule has 0 aromatic heterocycles. The third-order valence-corrected chi connectivity index (χ3v) is 5.72. The minimum atomic E-state index is -0.782. The molecule has 1 saturated heterocycles. The van der Waals surface area contributed by atoms with Gasteiger partial charge in [0.15, 0.2) is 0 Å². The second-order valence-corrected chi connectivity index (χ2v) is 7.50. The van der Waals surface area contributed by atoms with Crippen molar-refractivity contribution < 1.29 is 14.7 Å². The molecule has 0 bridgehead atoms. The Kier molecular flexibility index (Phi) is 9.75. The van der Waals surface area contributed by atoms with E-state index in [1.807, 2.05) is 18.9 Å². The lowest BCUT2D eigenvalue weighted by Crippen LogP contribution is -2.52. The van der Waals surface area contributed by atoms with Crippen LogP contribution in [0.5, 0.6) is 0 Å². The molecule has 1 aliphatic carbocycles. The monoisotopic (exact) mass is 375 g/mol. The predicted molar refractivity (Wildman–Crippen MR) is 101 cm³/mol. The molecule has 0 radical (unpaired) electrons. The topological polar surface area (TPSA) is 72.9 Å². The lowest BCUT2D eigenvalue weighted by Gasteiger charge is -2.38. The van der Waals surface area contributed by atoms with Crippen molar-refractivity contribution in [2.24, 2.45) is 5.92 Å². The number of nitrogens with one attached hydrogen (secondary N) is 1. The van der Waals surface area contributed by atoms with Gasteiger partial charge in [-0.25, -0.2) is 0 Å². The zero-order valence-corrected chi connectivity index (χ0v) is 16.4. The smallest absolute Gasteiger partial charge is 0.317 e. The van der Waals surface area contributed by atoms with Crippen molar-refractivity contribution in [2.45, 2.75) is 64.0 Å². The van der Waals surface area contributed by atoms with Crippen molar-refractivity contribution in [3.63, 3.8) is 0 Å². The van der Waals surface area contributed by atoms with Crippen molar-refractivity contribution in [3.8, 4) is 0 Å².